The topological polar surface area (TPSA) is 57.7 Å². The molecule has 2 aliphatic rings. The van der Waals surface area contributed by atoms with Crippen molar-refractivity contribution in [2.24, 2.45) is 0 Å². The normalized spacial score (nSPS) is 19.9. The lowest BCUT2D eigenvalue weighted by atomic mass is 10.1. The minimum atomic E-state index is -0.242. The molecule has 1 aromatic carbocycles. The minimum absolute atomic E-state index is 0.0524. The zero-order valence-electron chi connectivity index (χ0n) is 13.0. The lowest BCUT2D eigenvalue weighted by Gasteiger charge is -2.22. The van der Waals surface area contributed by atoms with Gasteiger partial charge in [0.2, 0.25) is 5.91 Å². The predicted molar refractivity (Wildman–Crippen MR) is 90.0 cm³/mol. The van der Waals surface area contributed by atoms with Gasteiger partial charge in [-0.25, -0.2) is 0 Å². The highest BCUT2D eigenvalue weighted by molar-refractivity contribution is 7.10. The van der Waals surface area contributed by atoms with Crippen molar-refractivity contribution < 1.29 is 14.4 Å². The van der Waals surface area contributed by atoms with Gasteiger partial charge < -0.3 is 4.90 Å². The third-order valence-corrected chi connectivity index (χ3v) is 5.49. The number of hydrogen-bond donors (Lipinski definition) is 0. The fourth-order valence-corrected chi connectivity index (χ4v) is 4.09. The summed E-state index contributed by atoms with van der Waals surface area (Å²) in [4.78, 5) is 41.6. The van der Waals surface area contributed by atoms with Crippen molar-refractivity contribution in [3.05, 3.63) is 57.8 Å². The van der Waals surface area contributed by atoms with Gasteiger partial charge in [0, 0.05) is 18.0 Å². The highest BCUT2D eigenvalue weighted by Crippen LogP contribution is 2.28. The van der Waals surface area contributed by atoms with Crippen LogP contribution in [-0.2, 0) is 11.2 Å². The van der Waals surface area contributed by atoms with E-state index in [4.69, 9.17) is 0 Å². The molecule has 1 atom stereocenters. The summed E-state index contributed by atoms with van der Waals surface area (Å²) in [5.41, 5.74) is 0.928. The van der Waals surface area contributed by atoms with E-state index in [1.165, 1.54) is 4.90 Å². The van der Waals surface area contributed by atoms with Gasteiger partial charge in [-0.3, -0.25) is 19.3 Å². The maximum absolute atomic E-state index is 12.5. The van der Waals surface area contributed by atoms with Crippen LogP contribution in [0.4, 0.5) is 0 Å². The first kappa shape index (κ1) is 15.1. The molecular weight excluding hydrogens is 324 g/mol. The Labute approximate surface area is 143 Å². The molecule has 0 saturated carbocycles. The maximum Gasteiger partial charge on any atom is 0.261 e. The van der Waals surface area contributed by atoms with Crippen molar-refractivity contribution in [1.82, 2.24) is 9.80 Å². The molecule has 3 heterocycles. The summed E-state index contributed by atoms with van der Waals surface area (Å²) in [6, 6.07) is 10.5. The van der Waals surface area contributed by atoms with E-state index in [0.717, 1.165) is 4.88 Å². The van der Waals surface area contributed by atoms with Crippen LogP contribution in [0.3, 0.4) is 0 Å². The van der Waals surface area contributed by atoms with Gasteiger partial charge in [0.15, 0.2) is 0 Å². The number of amides is 3. The van der Waals surface area contributed by atoms with Gasteiger partial charge in [-0.1, -0.05) is 18.2 Å². The summed E-state index contributed by atoms with van der Waals surface area (Å²) in [5, 5.41) is 1.95. The van der Waals surface area contributed by atoms with Crippen LogP contribution in [0.25, 0.3) is 0 Å². The van der Waals surface area contributed by atoms with Crippen LogP contribution in [0.2, 0.25) is 0 Å². The van der Waals surface area contributed by atoms with Crippen molar-refractivity contribution in [2.75, 3.05) is 13.1 Å². The van der Waals surface area contributed by atoms with Crippen molar-refractivity contribution in [2.45, 2.75) is 18.9 Å². The van der Waals surface area contributed by atoms with Gasteiger partial charge in [-0.2, -0.15) is 0 Å². The summed E-state index contributed by atoms with van der Waals surface area (Å²) in [7, 11) is 0. The number of carbonyl (C=O) groups is 3. The molecule has 5 nitrogen and oxygen atoms in total. The standard InChI is InChI=1S/C18H16N2O3S/c21-16(10-13-4-3-9-24-13)19-8-7-12(11-19)20-17(22)14-5-1-2-6-15(14)18(20)23/h1-6,9,12H,7-8,10-11H2. The molecule has 2 aromatic rings. The van der Waals surface area contributed by atoms with E-state index in [9.17, 15) is 14.4 Å². The molecule has 0 bridgehead atoms. The summed E-state index contributed by atoms with van der Waals surface area (Å²) in [6.07, 6.45) is 1.02. The number of carbonyl (C=O) groups excluding carboxylic acids is 3. The monoisotopic (exact) mass is 340 g/mol. The third-order valence-electron chi connectivity index (χ3n) is 4.61. The Hall–Kier alpha value is -2.47. The summed E-state index contributed by atoms with van der Waals surface area (Å²) < 4.78 is 0. The van der Waals surface area contributed by atoms with Crippen LogP contribution in [0.1, 0.15) is 32.0 Å². The number of imide groups is 1. The molecule has 4 rings (SSSR count). The molecule has 1 fully saturated rings. The van der Waals surface area contributed by atoms with E-state index in [1.807, 2.05) is 17.5 Å². The van der Waals surface area contributed by atoms with E-state index in [2.05, 4.69) is 0 Å². The molecular formula is C18H16N2O3S. The van der Waals surface area contributed by atoms with Gasteiger partial charge in [0.05, 0.1) is 23.6 Å². The summed E-state index contributed by atoms with van der Waals surface area (Å²) in [6.45, 7) is 1.01. The van der Waals surface area contributed by atoms with Gasteiger partial charge >= 0.3 is 0 Å². The second-order valence-electron chi connectivity index (χ2n) is 6.06. The quantitative estimate of drug-likeness (QED) is 0.805. The molecule has 1 saturated heterocycles. The van der Waals surface area contributed by atoms with Crippen LogP contribution in [0, 0.1) is 0 Å². The number of benzene rings is 1. The van der Waals surface area contributed by atoms with E-state index in [0.29, 0.717) is 37.1 Å². The van der Waals surface area contributed by atoms with Crippen molar-refractivity contribution in [3.8, 4) is 0 Å². The molecule has 1 unspecified atom stereocenters. The zero-order chi connectivity index (χ0) is 16.7. The molecule has 1 aromatic heterocycles. The fraction of sp³-hybridized carbons (Fsp3) is 0.278. The number of thiophene rings is 1. The lowest BCUT2D eigenvalue weighted by Crippen LogP contribution is -2.42. The van der Waals surface area contributed by atoms with Crippen molar-refractivity contribution in [1.29, 1.82) is 0 Å². The molecule has 6 heteroatoms. The predicted octanol–water partition coefficient (Wildman–Crippen LogP) is 2.19. The van der Waals surface area contributed by atoms with Gasteiger partial charge in [0.1, 0.15) is 0 Å². The highest BCUT2D eigenvalue weighted by atomic mass is 32.1. The SMILES string of the molecule is O=C(Cc1cccs1)N1CCC(N2C(=O)c3ccccc3C2=O)C1. The Bertz CT molecular complexity index is 780. The molecule has 0 aliphatic carbocycles. The van der Waals surface area contributed by atoms with E-state index >= 15 is 0 Å². The number of fused-ring (bicyclic) bond motifs is 1. The van der Waals surface area contributed by atoms with Gasteiger partial charge in [0.25, 0.3) is 11.8 Å². The number of likely N-dealkylation sites (tertiary alicyclic amines) is 1. The Morgan fingerprint density at radius 3 is 2.42 bits per heavy atom. The molecule has 0 N–H and O–H groups in total. The number of hydrogen-bond acceptors (Lipinski definition) is 4. The maximum atomic E-state index is 12.5. The first-order valence-corrected chi connectivity index (χ1v) is 8.80. The molecule has 122 valence electrons. The fourth-order valence-electron chi connectivity index (χ4n) is 3.39. The van der Waals surface area contributed by atoms with Crippen molar-refractivity contribution >= 4 is 29.1 Å². The summed E-state index contributed by atoms with van der Waals surface area (Å²) in [5.74, 6) is -0.433. The second kappa shape index (κ2) is 5.87. The zero-order valence-corrected chi connectivity index (χ0v) is 13.8. The molecule has 0 spiro atoms. The van der Waals surface area contributed by atoms with E-state index in [1.54, 1.807) is 40.5 Å². The first-order valence-electron chi connectivity index (χ1n) is 7.92. The third kappa shape index (κ3) is 2.43. The molecule has 24 heavy (non-hydrogen) atoms. The molecule has 2 aliphatic heterocycles. The van der Waals surface area contributed by atoms with E-state index < -0.39 is 0 Å². The van der Waals surface area contributed by atoms with Crippen molar-refractivity contribution in [3.63, 3.8) is 0 Å². The van der Waals surface area contributed by atoms with Crippen LogP contribution in [0.5, 0.6) is 0 Å². The van der Waals surface area contributed by atoms with Crippen LogP contribution in [-0.4, -0.2) is 46.7 Å². The van der Waals surface area contributed by atoms with Crippen LogP contribution >= 0.6 is 11.3 Å². The average molecular weight is 340 g/mol. The Morgan fingerprint density at radius 1 is 1.08 bits per heavy atom. The lowest BCUT2D eigenvalue weighted by molar-refractivity contribution is -0.129. The molecule has 3 amide bonds. The first-order chi connectivity index (χ1) is 11.6. The Morgan fingerprint density at radius 2 is 1.79 bits per heavy atom. The molecule has 0 radical (unpaired) electrons. The van der Waals surface area contributed by atoms with Crippen LogP contribution in [0.15, 0.2) is 41.8 Å². The Kier molecular flexibility index (Phi) is 3.69. The largest absolute Gasteiger partial charge is 0.340 e. The van der Waals surface area contributed by atoms with Crippen LogP contribution < -0.4 is 0 Å². The number of rotatable bonds is 3. The summed E-state index contributed by atoms with van der Waals surface area (Å²) >= 11 is 1.56. The second-order valence-corrected chi connectivity index (χ2v) is 7.10. The highest BCUT2D eigenvalue weighted by Gasteiger charge is 2.42. The minimum Gasteiger partial charge on any atom is -0.340 e. The Balaban J connectivity index is 1.47. The van der Waals surface area contributed by atoms with E-state index in [-0.39, 0.29) is 23.8 Å². The smallest absolute Gasteiger partial charge is 0.261 e. The number of nitrogens with zero attached hydrogens (tertiary/aromatic N) is 2. The van der Waals surface area contributed by atoms with Gasteiger partial charge in [-0.05, 0) is 30.0 Å². The average Bonchev–Trinajstić information content (AvgIpc) is 3.30. The van der Waals surface area contributed by atoms with Gasteiger partial charge in [-0.15, -0.1) is 11.3 Å².